The zero-order valence-corrected chi connectivity index (χ0v) is 12.4. The topological polar surface area (TPSA) is 59.0 Å². The molecule has 0 atom stereocenters. The number of rotatable bonds is 4. The van der Waals surface area contributed by atoms with Gasteiger partial charge in [-0.15, -0.1) is 12.4 Å². The number of anilines is 1. The Hall–Kier alpha value is -1.07. The third kappa shape index (κ3) is 4.84. The Morgan fingerprint density at radius 2 is 2.21 bits per heavy atom. The van der Waals surface area contributed by atoms with Gasteiger partial charge in [-0.1, -0.05) is 0 Å². The molecule has 6 heteroatoms. The van der Waals surface area contributed by atoms with Crippen LogP contribution in [0, 0.1) is 12.8 Å². The molecule has 19 heavy (non-hydrogen) atoms. The fraction of sp³-hybridized carbons (Fsp3) is 0.692. The van der Waals surface area contributed by atoms with E-state index in [2.05, 4.69) is 15.7 Å². The van der Waals surface area contributed by atoms with Crippen molar-refractivity contribution in [3.8, 4) is 0 Å². The quantitative estimate of drug-likeness (QED) is 0.888. The van der Waals surface area contributed by atoms with Gasteiger partial charge in [0.05, 0.1) is 5.69 Å². The standard InChI is InChI=1S/C13H22N4O.ClH/c1-10-9-12(17(2)16-10)15-13(18)4-3-11-5-7-14-8-6-11;/h9,11,14H,3-8H2,1-2H3,(H,15,18);1H. The first-order chi connectivity index (χ1) is 8.65. The lowest BCUT2D eigenvalue weighted by Gasteiger charge is -2.22. The van der Waals surface area contributed by atoms with Crippen LogP contribution in [0.2, 0.25) is 0 Å². The molecule has 0 aromatic carbocycles. The average molecular weight is 287 g/mol. The lowest BCUT2D eigenvalue weighted by atomic mass is 9.93. The van der Waals surface area contributed by atoms with E-state index in [4.69, 9.17) is 0 Å². The third-order valence-electron chi connectivity index (χ3n) is 3.51. The van der Waals surface area contributed by atoms with Crippen LogP contribution in [0.15, 0.2) is 6.07 Å². The van der Waals surface area contributed by atoms with E-state index in [1.54, 1.807) is 4.68 Å². The highest BCUT2D eigenvalue weighted by molar-refractivity contribution is 5.89. The molecule has 1 fully saturated rings. The van der Waals surface area contributed by atoms with E-state index in [1.807, 2.05) is 20.0 Å². The molecule has 108 valence electrons. The smallest absolute Gasteiger partial charge is 0.225 e. The van der Waals surface area contributed by atoms with Crippen LogP contribution < -0.4 is 10.6 Å². The second-order valence-electron chi connectivity index (χ2n) is 5.07. The maximum Gasteiger partial charge on any atom is 0.225 e. The van der Waals surface area contributed by atoms with Crippen LogP contribution in [-0.2, 0) is 11.8 Å². The highest BCUT2D eigenvalue weighted by Gasteiger charge is 2.15. The molecule has 5 nitrogen and oxygen atoms in total. The summed E-state index contributed by atoms with van der Waals surface area (Å²) in [4.78, 5) is 11.8. The minimum Gasteiger partial charge on any atom is -0.317 e. The van der Waals surface area contributed by atoms with Crippen molar-refractivity contribution in [3.63, 3.8) is 0 Å². The molecule has 2 N–H and O–H groups in total. The van der Waals surface area contributed by atoms with Gasteiger partial charge in [-0.3, -0.25) is 9.48 Å². The summed E-state index contributed by atoms with van der Waals surface area (Å²) in [6.45, 7) is 4.10. The fourth-order valence-electron chi connectivity index (χ4n) is 2.44. The molecule has 1 aromatic heterocycles. The van der Waals surface area contributed by atoms with Crippen molar-refractivity contribution < 1.29 is 4.79 Å². The van der Waals surface area contributed by atoms with Gasteiger partial charge in [-0.25, -0.2) is 0 Å². The summed E-state index contributed by atoms with van der Waals surface area (Å²) in [5.74, 6) is 1.57. The van der Waals surface area contributed by atoms with Gasteiger partial charge in [0, 0.05) is 19.5 Å². The molecule has 2 rings (SSSR count). The molecular formula is C13H23ClN4O. The summed E-state index contributed by atoms with van der Waals surface area (Å²) >= 11 is 0. The molecule has 0 aliphatic carbocycles. The molecule has 0 spiro atoms. The Balaban J connectivity index is 0.00000180. The molecule has 1 amide bonds. The van der Waals surface area contributed by atoms with Crippen molar-refractivity contribution >= 4 is 24.1 Å². The van der Waals surface area contributed by atoms with Crippen LogP contribution >= 0.6 is 12.4 Å². The number of hydrogen-bond donors (Lipinski definition) is 2. The average Bonchev–Trinajstić information content (AvgIpc) is 2.67. The Bertz CT molecular complexity index is 413. The van der Waals surface area contributed by atoms with Crippen LogP contribution in [0.25, 0.3) is 0 Å². The second kappa shape index (κ2) is 7.50. The van der Waals surface area contributed by atoms with E-state index in [9.17, 15) is 4.79 Å². The van der Waals surface area contributed by atoms with E-state index in [-0.39, 0.29) is 18.3 Å². The van der Waals surface area contributed by atoms with Crippen molar-refractivity contribution in [1.29, 1.82) is 0 Å². The summed E-state index contributed by atoms with van der Waals surface area (Å²) in [6, 6.07) is 1.89. The SMILES string of the molecule is Cc1cc(NC(=O)CCC2CCNCC2)n(C)n1.Cl. The summed E-state index contributed by atoms with van der Waals surface area (Å²) in [5, 5.41) is 10.5. The number of nitrogens with zero attached hydrogens (tertiary/aromatic N) is 2. The van der Waals surface area contributed by atoms with Crippen LogP contribution in [0.4, 0.5) is 5.82 Å². The maximum absolute atomic E-state index is 11.8. The van der Waals surface area contributed by atoms with Crippen molar-refractivity contribution in [2.24, 2.45) is 13.0 Å². The van der Waals surface area contributed by atoms with Crippen molar-refractivity contribution in [1.82, 2.24) is 15.1 Å². The van der Waals surface area contributed by atoms with Crippen molar-refractivity contribution in [2.75, 3.05) is 18.4 Å². The highest BCUT2D eigenvalue weighted by Crippen LogP contribution is 2.18. The number of carbonyl (C=O) groups excluding carboxylic acids is 1. The number of aromatic nitrogens is 2. The van der Waals surface area contributed by atoms with E-state index in [1.165, 1.54) is 12.8 Å². The molecular weight excluding hydrogens is 264 g/mol. The third-order valence-corrected chi connectivity index (χ3v) is 3.51. The van der Waals surface area contributed by atoms with Gasteiger partial charge in [-0.2, -0.15) is 5.10 Å². The largest absolute Gasteiger partial charge is 0.317 e. The number of nitrogens with one attached hydrogen (secondary N) is 2. The zero-order valence-electron chi connectivity index (χ0n) is 11.6. The van der Waals surface area contributed by atoms with Crippen LogP contribution in [0.5, 0.6) is 0 Å². The minimum atomic E-state index is 0. The van der Waals surface area contributed by atoms with Crippen LogP contribution in [0.3, 0.4) is 0 Å². The molecule has 1 saturated heterocycles. The number of hydrogen-bond acceptors (Lipinski definition) is 3. The minimum absolute atomic E-state index is 0. The predicted molar refractivity (Wildman–Crippen MR) is 78.7 cm³/mol. The Morgan fingerprint density at radius 1 is 1.53 bits per heavy atom. The number of amides is 1. The van der Waals surface area contributed by atoms with E-state index < -0.39 is 0 Å². The number of carbonyl (C=O) groups is 1. The molecule has 2 heterocycles. The van der Waals surface area contributed by atoms with Crippen LogP contribution in [0.1, 0.15) is 31.4 Å². The normalized spacial score (nSPS) is 15.9. The van der Waals surface area contributed by atoms with E-state index in [0.717, 1.165) is 31.0 Å². The lowest BCUT2D eigenvalue weighted by Crippen LogP contribution is -2.28. The first kappa shape index (κ1) is 16.0. The van der Waals surface area contributed by atoms with E-state index in [0.29, 0.717) is 12.3 Å². The Labute approximate surface area is 120 Å². The Kier molecular flexibility index (Phi) is 6.31. The monoisotopic (exact) mass is 286 g/mol. The van der Waals surface area contributed by atoms with Crippen molar-refractivity contribution in [3.05, 3.63) is 11.8 Å². The highest BCUT2D eigenvalue weighted by atomic mass is 35.5. The number of piperidine rings is 1. The zero-order chi connectivity index (χ0) is 13.0. The van der Waals surface area contributed by atoms with Gasteiger partial charge in [0.1, 0.15) is 5.82 Å². The first-order valence-corrected chi connectivity index (χ1v) is 6.66. The van der Waals surface area contributed by atoms with Gasteiger partial charge < -0.3 is 10.6 Å². The number of halogens is 1. The molecule has 0 bridgehead atoms. The van der Waals surface area contributed by atoms with Gasteiger partial charge in [-0.05, 0) is 45.2 Å². The molecule has 0 saturated carbocycles. The fourth-order valence-corrected chi connectivity index (χ4v) is 2.44. The van der Waals surface area contributed by atoms with Gasteiger partial charge in [0.15, 0.2) is 0 Å². The Morgan fingerprint density at radius 3 is 2.79 bits per heavy atom. The van der Waals surface area contributed by atoms with Gasteiger partial charge in [0.25, 0.3) is 0 Å². The maximum atomic E-state index is 11.8. The summed E-state index contributed by atoms with van der Waals surface area (Å²) in [7, 11) is 1.84. The predicted octanol–water partition coefficient (Wildman–Crippen LogP) is 1.87. The van der Waals surface area contributed by atoms with Gasteiger partial charge in [0.2, 0.25) is 5.91 Å². The lowest BCUT2D eigenvalue weighted by molar-refractivity contribution is -0.116. The van der Waals surface area contributed by atoms with E-state index >= 15 is 0 Å². The molecule has 1 aliphatic heterocycles. The molecule has 1 aliphatic rings. The summed E-state index contributed by atoms with van der Waals surface area (Å²) in [6.07, 6.45) is 3.98. The van der Waals surface area contributed by atoms with Crippen LogP contribution in [-0.4, -0.2) is 28.8 Å². The molecule has 1 aromatic rings. The second-order valence-corrected chi connectivity index (χ2v) is 5.07. The van der Waals surface area contributed by atoms with Crippen molar-refractivity contribution in [2.45, 2.75) is 32.6 Å². The molecule has 0 radical (unpaired) electrons. The first-order valence-electron chi connectivity index (χ1n) is 6.66. The number of aryl methyl sites for hydroxylation is 2. The van der Waals surface area contributed by atoms with Gasteiger partial charge >= 0.3 is 0 Å². The summed E-state index contributed by atoms with van der Waals surface area (Å²) < 4.78 is 1.71. The molecule has 0 unspecified atom stereocenters. The summed E-state index contributed by atoms with van der Waals surface area (Å²) in [5.41, 5.74) is 0.922.